The van der Waals surface area contributed by atoms with Gasteiger partial charge >= 0.3 is 0 Å². The number of pyridine rings is 4. The maximum Gasteiger partial charge on any atom is 0.220 e. The summed E-state index contributed by atoms with van der Waals surface area (Å²) in [6.45, 7) is 60.4. The lowest BCUT2D eigenvalue weighted by Gasteiger charge is -2.34. The first kappa shape index (κ1) is 95.7. The van der Waals surface area contributed by atoms with Gasteiger partial charge in [0.2, 0.25) is 22.8 Å². The van der Waals surface area contributed by atoms with Crippen LogP contribution in [0.3, 0.4) is 0 Å². The Balaban J connectivity index is 0.000000147. The molecular weight excluding hydrogens is 1620 g/mol. The summed E-state index contributed by atoms with van der Waals surface area (Å²) in [5, 5.41) is 17.0. The Morgan fingerprint density at radius 2 is 0.481 bits per heavy atom. The summed E-state index contributed by atoms with van der Waals surface area (Å²) in [6.07, 6.45) is 8.87. The topological polar surface area (TPSA) is 15.5 Å². The number of hydrogen-bond acceptors (Lipinski definition) is 0. The summed E-state index contributed by atoms with van der Waals surface area (Å²) < 4.78 is 9.11. The van der Waals surface area contributed by atoms with Gasteiger partial charge in [-0.25, -0.2) is 18.3 Å². The number of fused-ring (bicyclic) bond motifs is 4. The van der Waals surface area contributed by atoms with E-state index in [4.69, 9.17) is 0 Å². The van der Waals surface area contributed by atoms with E-state index in [2.05, 4.69) is 492 Å². The van der Waals surface area contributed by atoms with Gasteiger partial charge in [-0.1, -0.05) is 316 Å². The van der Waals surface area contributed by atoms with Gasteiger partial charge in [0.1, 0.15) is 28.2 Å². The van der Waals surface area contributed by atoms with Crippen molar-refractivity contribution < 1.29 is 18.3 Å². The predicted molar refractivity (Wildman–Crippen MR) is 574 cm³/mol. The van der Waals surface area contributed by atoms with Crippen LogP contribution in [0.5, 0.6) is 0 Å². The molecule has 16 aromatic rings. The maximum absolute atomic E-state index is 2.51. The molecule has 0 bridgehead atoms. The molecule has 129 heavy (non-hydrogen) atoms. The van der Waals surface area contributed by atoms with Crippen molar-refractivity contribution in [1.29, 1.82) is 0 Å². The summed E-state index contributed by atoms with van der Waals surface area (Å²) >= 11 is 0. The molecule has 4 aromatic heterocycles. The zero-order valence-corrected chi connectivity index (χ0v) is 87.9. The molecule has 0 N–H and O–H groups in total. The van der Waals surface area contributed by atoms with E-state index in [1.165, 1.54) is 235 Å². The minimum atomic E-state index is -1.50. The molecule has 0 spiro atoms. The monoisotopic (exact) mass is 1770 g/mol. The number of benzene rings is 12. The zero-order valence-electron chi connectivity index (χ0n) is 83.9. The largest absolute Gasteiger partial charge is 0.220 e. The minimum Gasteiger partial charge on any atom is -0.200 e. The third-order valence-corrected chi connectivity index (χ3v) is 48.7. The molecule has 0 unspecified atom stereocenters. The Bertz CT molecular complexity index is 6790. The third kappa shape index (κ3) is 19.2. The van der Waals surface area contributed by atoms with Crippen molar-refractivity contribution in [1.82, 2.24) is 0 Å². The van der Waals surface area contributed by atoms with E-state index in [1.54, 1.807) is 15.6 Å². The van der Waals surface area contributed by atoms with Crippen LogP contribution in [0.4, 0.5) is 0 Å². The van der Waals surface area contributed by atoms with E-state index in [1.807, 2.05) is 0 Å². The molecule has 8 heteroatoms. The van der Waals surface area contributed by atoms with Crippen LogP contribution in [0, 0.1) is 83.1 Å². The molecule has 0 radical (unpaired) electrons. The molecule has 12 aromatic carbocycles. The first-order valence-corrected chi connectivity index (χ1v) is 59.5. The van der Waals surface area contributed by atoms with E-state index in [0.717, 1.165) is 11.1 Å². The van der Waals surface area contributed by atoms with Crippen molar-refractivity contribution in [3.8, 4) is 89.5 Å². The van der Waals surface area contributed by atoms with Crippen LogP contribution in [0.25, 0.3) is 133 Å². The highest BCUT2D eigenvalue weighted by Crippen LogP contribution is 2.41. The van der Waals surface area contributed by atoms with Gasteiger partial charge in [0.25, 0.3) is 0 Å². The smallest absolute Gasteiger partial charge is 0.200 e. The summed E-state index contributed by atoms with van der Waals surface area (Å²) in [4.78, 5) is 0. The number of rotatable bonds is 19. The van der Waals surface area contributed by atoms with Gasteiger partial charge in [-0.05, 0) is 276 Å². The van der Waals surface area contributed by atoms with Crippen molar-refractivity contribution in [2.75, 3.05) is 0 Å². The lowest BCUT2D eigenvalue weighted by atomic mass is 9.92. The zero-order chi connectivity index (χ0) is 93.2. The number of aromatic nitrogens is 4. The Morgan fingerprint density at radius 1 is 0.240 bits per heavy atom. The van der Waals surface area contributed by atoms with Crippen molar-refractivity contribution in [2.24, 2.45) is 28.2 Å². The lowest BCUT2D eigenvalue weighted by molar-refractivity contribution is -0.659. The van der Waals surface area contributed by atoms with Crippen LogP contribution in [0.1, 0.15) is 129 Å². The van der Waals surface area contributed by atoms with E-state index < -0.39 is 32.3 Å². The molecule has 0 atom stereocenters. The summed E-state index contributed by atoms with van der Waals surface area (Å²) in [5.41, 5.74) is 38.5. The maximum atomic E-state index is 2.51. The minimum absolute atomic E-state index is 0.721. The fraction of sp³-hybridized carbons (Fsp3) is 0.306. The molecule has 16 rings (SSSR count). The second-order valence-corrected chi connectivity index (χ2v) is 61.0. The van der Waals surface area contributed by atoms with Crippen LogP contribution < -0.4 is 39.0 Å². The molecule has 0 amide bonds. The molecule has 4 heterocycles. The molecule has 4 nitrogen and oxygen atoms in total. The van der Waals surface area contributed by atoms with E-state index in [9.17, 15) is 0 Å². The van der Waals surface area contributed by atoms with Crippen molar-refractivity contribution in [3.05, 3.63) is 334 Å². The second kappa shape index (κ2) is 39.5. The Morgan fingerprint density at radius 3 is 0.721 bits per heavy atom. The molecular formula is C121H146N4Si4+4. The molecule has 0 fully saturated rings. The van der Waals surface area contributed by atoms with Crippen LogP contribution >= 0.6 is 0 Å². The van der Waals surface area contributed by atoms with Crippen LogP contribution in [0.15, 0.2) is 267 Å². The quantitative estimate of drug-likeness (QED) is 0.0566. The van der Waals surface area contributed by atoms with Gasteiger partial charge in [-0.3, -0.25) is 0 Å². The molecule has 662 valence electrons. The number of hydrogen-bond donors (Lipinski definition) is 0. The second-order valence-electron chi connectivity index (χ2n) is 40.0. The van der Waals surface area contributed by atoms with Crippen molar-refractivity contribution >= 4 is 96.1 Å². The molecule has 0 saturated heterocycles. The highest BCUT2D eigenvalue weighted by Gasteiger charge is 2.37. The first-order chi connectivity index (χ1) is 61.3. The third-order valence-electron chi connectivity index (χ3n) is 30.2. The Labute approximate surface area is 780 Å². The summed E-state index contributed by atoms with van der Waals surface area (Å²) in [7, 11) is 2.97. The van der Waals surface area contributed by atoms with Gasteiger partial charge in [-0.2, -0.15) is 0 Å². The average molecular weight is 1770 g/mol. The van der Waals surface area contributed by atoms with Gasteiger partial charge in [-0.15, -0.1) is 0 Å². The summed E-state index contributed by atoms with van der Waals surface area (Å²) in [5.74, 6) is 0. The molecule has 0 saturated carbocycles. The van der Waals surface area contributed by atoms with Crippen LogP contribution in [-0.4, -0.2) is 32.3 Å². The number of nitrogens with zero attached hydrogens (tertiary/aromatic N) is 4. The Kier molecular flexibility index (Phi) is 29.3. The van der Waals surface area contributed by atoms with Crippen LogP contribution in [0.2, 0.25) is 74.0 Å². The average Bonchev–Trinajstić information content (AvgIpc) is 0.753. The van der Waals surface area contributed by atoms with E-state index in [0.29, 0.717) is 0 Å². The highest BCUT2D eigenvalue weighted by atomic mass is 28.3. The predicted octanol–water partition coefficient (Wildman–Crippen LogP) is 29.4. The van der Waals surface area contributed by atoms with Gasteiger partial charge in [0.05, 0.1) is 53.8 Å². The molecule has 0 aliphatic heterocycles. The van der Waals surface area contributed by atoms with Crippen molar-refractivity contribution in [2.45, 2.75) is 219 Å². The number of aryl methyl sites for hydroxylation is 16. The first-order valence-electron chi connectivity index (χ1n) is 47.8. The van der Waals surface area contributed by atoms with E-state index in [-0.39, 0.29) is 0 Å². The highest BCUT2D eigenvalue weighted by molar-refractivity contribution is 6.93. The molecule has 0 aliphatic rings. The standard InChI is InChI=1S/C32H40NSi.C31H38NSi.C30H36NSi.C28H32NSi/c1-9-34(10-2,22(3)4)28-15-17-30-26(21-28)18-19-33(8)32(30)29-16-14-27(20-25(29)7)31-23(5)12-11-13-24(31)6;1-8-33(9-2,10-3)27-15-17-29-25(21-27)18-19-32(7)31(29)28-16-14-26(20-24(28)6)30-22(4)12-11-13-23(30)5;1-20(2)32(7,8)26-13-15-28-24(19-26)16-17-31(6)30(28)27-14-12-25(18-23(27)5)29-21(3)10-9-11-22(29)4;1-19-9-8-10-20(2)27(19)23-11-13-25(21(3)17-23)28-26-14-12-24(30(5,6)7)18-22(26)15-16-29(28)4/h11-22H,9-10H2,1-8H3;11-21H,8-10H2,1-7H3;9-20H,1-8H3;8-18H,1-7H3/q4*+1. The lowest BCUT2D eigenvalue weighted by Crippen LogP contribution is -2.49. The van der Waals surface area contributed by atoms with Crippen molar-refractivity contribution in [3.63, 3.8) is 0 Å². The van der Waals surface area contributed by atoms with E-state index >= 15 is 0 Å². The Hall–Kier alpha value is -10.9. The van der Waals surface area contributed by atoms with Gasteiger partial charge in [0.15, 0.2) is 24.8 Å². The van der Waals surface area contributed by atoms with Crippen LogP contribution in [-0.2, 0) is 28.2 Å². The van der Waals surface area contributed by atoms with Gasteiger partial charge in [0, 0.05) is 46.5 Å². The SMILES string of the molecule is CC[Si](CC)(CC)c1ccc2c(-c3ccc(-c4c(C)cccc4C)cc3C)[n+](C)ccc2c1.CC[Si](CC)(c1ccc2c(-c3ccc(-c4c(C)cccc4C)cc3C)[n+](C)ccc2c1)C(C)C.Cc1cc(-c2c(C)cccc2C)ccc1-c1c2ccc([Si](C)(C)C(C)C)cc2cc[n+]1C.Cc1cc(-c2c(C)cccc2C)ccc1-c1c2ccc([Si](C)(C)C)cc2cc[n+]1C. The van der Waals surface area contributed by atoms with Gasteiger partial charge < -0.3 is 0 Å². The molecule has 0 aliphatic carbocycles. The summed E-state index contributed by atoms with van der Waals surface area (Å²) in [6, 6.07) is 98.7. The normalized spacial score (nSPS) is 11.9. The fourth-order valence-electron chi connectivity index (χ4n) is 21.3. The fourth-order valence-corrected chi connectivity index (χ4v) is 32.2.